The lowest BCUT2D eigenvalue weighted by Gasteiger charge is -2.35. The number of likely N-dealkylation sites (N-methyl/N-ethyl adjacent to an activating group) is 1. The van der Waals surface area contributed by atoms with Crippen LogP contribution in [-0.4, -0.2) is 142 Å². The Kier molecular flexibility index (Phi) is 12.2. The summed E-state index contributed by atoms with van der Waals surface area (Å²) >= 11 is 0. The monoisotopic (exact) mass is 733 g/mol. The fourth-order valence-electron chi connectivity index (χ4n) is 6.02. The molecule has 0 spiro atoms. The molecule has 17 nitrogen and oxygen atoms in total. The van der Waals surface area contributed by atoms with Gasteiger partial charge in [-0.05, 0) is 51.2 Å². The maximum Gasteiger partial charge on any atom is 0.527 e. The van der Waals surface area contributed by atoms with Crippen molar-refractivity contribution in [1.29, 1.82) is 0 Å². The average Bonchev–Trinajstić information content (AvgIpc) is 3.69. The molecule has 52 heavy (non-hydrogen) atoms. The van der Waals surface area contributed by atoms with E-state index in [1.54, 1.807) is 18.9 Å². The summed E-state index contributed by atoms with van der Waals surface area (Å²) in [5.41, 5.74) is -0.393. The molecular formula is C33H41F2N7O10. The number of amides is 4. The Morgan fingerprint density at radius 2 is 1.75 bits per heavy atom. The van der Waals surface area contributed by atoms with Gasteiger partial charge in [0.2, 0.25) is 17.7 Å². The maximum atomic E-state index is 14.3. The molecule has 3 aliphatic rings. The van der Waals surface area contributed by atoms with Crippen LogP contribution >= 0.6 is 0 Å². The first kappa shape index (κ1) is 37.9. The van der Waals surface area contributed by atoms with Crippen LogP contribution in [-0.2, 0) is 28.8 Å². The minimum Gasteiger partial charge on any atom is -0.481 e. The number of aromatic nitrogens is 2. The number of rotatable bonds is 14. The number of likely N-dealkylation sites (tertiary alicyclic amines) is 1. The summed E-state index contributed by atoms with van der Waals surface area (Å²) in [4.78, 5) is 86.0. The minimum absolute atomic E-state index is 0.0536. The molecule has 2 aromatic rings. The van der Waals surface area contributed by atoms with Crippen molar-refractivity contribution in [2.75, 3.05) is 53.0 Å². The Bertz CT molecular complexity index is 1680. The van der Waals surface area contributed by atoms with Crippen molar-refractivity contribution < 1.29 is 57.0 Å². The summed E-state index contributed by atoms with van der Waals surface area (Å²) in [6, 6.07) is 2.18. The molecule has 282 valence electrons. The van der Waals surface area contributed by atoms with E-state index >= 15 is 0 Å². The second-order valence-electron chi connectivity index (χ2n) is 12.6. The number of hydroxylamine groups is 2. The van der Waals surface area contributed by atoms with Gasteiger partial charge in [-0.1, -0.05) is 0 Å². The quantitative estimate of drug-likeness (QED) is 0.265. The van der Waals surface area contributed by atoms with Gasteiger partial charge < -0.3 is 39.4 Å². The van der Waals surface area contributed by atoms with Crippen molar-refractivity contribution in [3.63, 3.8) is 0 Å². The molecule has 0 bridgehead atoms. The SMILES string of the molecule is CCOC(=O)ON1CCN(C(=O)[C@H](CCC(=O)O)NC(=O)c2cc(OCC(=O)N3CCC[C@H]3C(=O)N(C)C3CC3)n(-c3ccc(F)c(F)c3)n2)CC1. The Labute approximate surface area is 297 Å². The van der Waals surface area contributed by atoms with Gasteiger partial charge in [0.05, 0.1) is 25.4 Å². The molecule has 0 radical (unpaired) electrons. The predicted molar refractivity (Wildman–Crippen MR) is 174 cm³/mol. The van der Waals surface area contributed by atoms with Gasteiger partial charge in [-0.3, -0.25) is 24.0 Å². The number of carbonyl (C=O) groups is 6. The molecule has 1 saturated carbocycles. The van der Waals surface area contributed by atoms with Crippen LogP contribution in [0.3, 0.4) is 0 Å². The number of halogens is 2. The molecule has 3 heterocycles. The predicted octanol–water partition coefficient (Wildman–Crippen LogP) is 1.34. The van der Waals surface area contributed by atoms with Gasteiger partial charge >= 0.3 is 12.1 Å². The molecule has 2 aliphatic heterocycles. The van der Waals surface area contributed by atoms with Crippen molar-refractivity contribution in [2.24, 2.45) is 0 Å². The van der Waals surface area contributed by atoms with Gasteiger partial charge in [0.15, 0.2) is 23.9 Å². The molecule has 3 fully saturated rings. The van der Waals surface area contributed by atoms with Gasteiger partial charge in [-0.15, -0.1) is 5.06 Å². The van der Waals surface area contributed by atoms with E-state index in [0.29, 0.717) is 19.4 Å². The molecule has 4 amide bonds. The highest BCUT2D eigenvalue weighted by Gasteiger charge is 2.40. The highest BCUT2D eigenvalue weighted by Crippen LogP contribution is 2.29. The number of carboxylic acids is 1. The molecule has 1 aromatic carbocycles. The van der Waals surface area contributed by atoms with Gasteiger partial charge in [-0.25, -0.2) is 18.3 Å². The number of nitrogens with zero attached hydrogens (tertiary/aromatic N) is 6. The van der Waals surface area contributed by atoms with Crippen LogP contribution in [0.5, 0.6) is 5.88 Å². The van der Waals surface area contributed by atoms with Crippen LogP contribution in [0.1, 0.15) is 55.9 Å². The lowest BCUT2D eigenvalue weighted by Crippen LogP contribution is -2.55. The van der Waals surface area contributed by atoms with Gasteiger partial charge in [-0.2, -0.15) is 5.10 Å². The van der Waals surface area contributed by atoms with Crippen molar-refractivity contribution >= 4 is 35.8 Å². The number of carboxylic acid groups (broad SMARTS) is 1. The third-order valence-corrected chi connectivity index (χ3v) is 8.97. The van der Waals surface area contributed by atoms with Crippen LogP contribution in [0, 0.1) is 11.6 Å². The van der Waals surface area contributed by atoms with E-state index in [0.717, 1.165) is 35.7 Å². The summed E-state index contributed by atoms with van der Waals surface area (Å²) in [6.45, 7) is 1.95. The number of aliphatic carboxylic acids is 1. The lowest BCUT2D eigenvalue weighted by atomic mass is 10.1. The second kappa shape index (κ2) is 16.8. The molecule has 19 heteroatoms. The third kappa shape index (κ3) is 9.31. The topological polar surface area (TPSA) is 193 Å². The van der Waals surface area contributed by atoms with Gasteiger partial charge in [0.25, 0.3) is 11.8 Å². The summed E-state index contributed by atoms with van der Waals surface area (Å²) in [6.07, 6.45) is 1.32. The fraction of sp³-hybridized carbons (Fsp3) is 0.545. The zero-order chi connectivity index (χ0) is 37.5. The number of nitrogens with one attached hydrogen (secondary N) is 1. The lowest BCUT2D eigenvalue weighted by molar-refractivity contribution is -0.157. The molecule has 1 aliphatic carbocycles. The Balaban J connectivity index is 1.31. The molecule has 0 unspecified atom stereocenters. The Morgan fingerprint density at radius 3 is 2.40 bits per heavy atom. The number of hydrogen-bond donors (Lipinski definition) is 2. The maximum absolute atomic E-state index is 14.3. The smallest absolute Gasteiger partial charge is 0.481 e. The standard InChI is InChI=1S/C33H41F2N7O10/c1-3-50-33(49)52-40-15-13-39(14-16-40)31(47)24(10-11-29(44)45)36-30(46)25-18-28(42(37-25)21-8-9-22(34)23(35)17-21)51-19-27(43)41-12-4-5-26(41)32(48)38(2)20-6-7-20/h8-9,17-18,20,24,26H,3-7,10-16,19H2,1-2H3,(H,36,46)(H,44,45)/t24-,26-/m0/s1. The normalized spacial score (nSPS) is 18.0. The first-order valence-corrected chi connectivity index (χ1v) is 17.0. The van der Waals surface area contributed by atoms with Crippen molar-refractivity contribution in [1.82, 2.24) is 34.9 Å². The highest BCUT2D eigenvalue weighted by atomic mass is 19.2. The van der Waals surface area contributed by atoms with Crippen LogP contribution in [0.4, 0.5) is 13.6 Å². The molecule has 2 atom stereocenters. The van der Waals surface area contributed by atoms with E-state index in [-0.39, 0.29) is 68.4 Å². The number of ether oxygens (including phenoxy) is 2. The number of piperazine rings is 1. The summed E-state index contributed by atoms with van der Waals surface area (Å²) in [5.74, 6) is -5.92. The van der Waals surface area contributed by atoms with Crippen LogP contribution in [0.2, 0.25) is 0 Å². The summed E-state index contributed by atoms with van der Waals surface area (Å²) in [5, 5.41) is 17.3. The van der Waals surface area contributed by atoms with E-state index in [9.17, 15) is 42.7 Å². The number of hydrogen-bond acceptors (Lipinski definition) is 11. The van der Waals surface area contributed by atoms with Crippen molar-refractivity contribution in [3.05, 3.63) is 41.6 Å². The Morgan fingerprint density at radius 1 is 1.02 bits per heavy atom. The Hall–Kier alpha value is -5.33. The van der Waals surface area contributed by atoms with E-state index in [2.05, 4.69) is 10.4 Å². The van der Waals surface area contributed by atoms with Crippen LogP contribution in [0.25, 0.3) is 5.69 Å². The molecule has 2 N–H and O–H groups in total. The van der Waals surface area contributed by atoms with E-state index in [1.165, 1.54) is 20.9 Å². The first-order valence-electron chi connectivity index (χ1n) is 17.0. The molecule has 2 saturated heterocycles. The summed E-state index contributed by atoms with van der Waals surface area (Å²) < 4.78 is 39.6. The molecule has 1 aromatic heterocycles. The zero-order valence-corrected chi connectivity index (χ0v) is 28.8. The highest BCUT2D eigenvalue weighted by molar-refractivity contribution is 5.96. The van der Waals surface area contributed by atoms with E-state index in [4.69, 9.17) is 14.3 Å². The number of benzene rings is 1. The van der Waals surface area contributed by atoms with E-state index < -0.39 is 66.6 Å². The van der Waals surface area contributed by atoms with Crippen molar-refractivity contribution in [2.45, 2.75) is 63.6 Å². The van der Waals surface area contributed by atoms with Crippen molar-refractivity contribution in [3.8, 4) is 11.6 Å². The van der Waals surface area contributed by atoms with Crippen LogP contribution < -0.4 is 10.1 Å². The fourth-order valence-corrected chi connectivity index (χ4v) is 6.02. The van der Waals surface area contributed by atoms with E-state index in [1.807, 2.05) is 0 Å². The molecular weight excluding hydrogens is 692 g/mol. The number of carbonyl (C=O) groups excluding carboxylic acids is 5. The molecule has 5 rings (SSSR count). The van der Waals surface area contributed by atoms with Gasteiger partial charge in [0, 0.05) is 51.3 Å². The van der Waals surface area contributed by atoms with Crippen LogP contribution in [0.15, 0.2) is 24.3 Å². The zero-order valence-electron chi connectivity index (χ0n) is 28.8. The third-order valence-electron chi connectivity index (χ3n) is 8.97. The van der Waals surface area contributed by atoms with Gasteiger partial charge in [0.1, 0.15) is 12.1 Å². The second-order valence-corrected chi connectivity index (χ2v) is 12.6. The summed E-state index contributed by atoms with van der Waals surface area (Å²) in [7, 11) is 1.72. The minimum atomic E-state index is -1.31. The average molecular weight is 734 g/mol. The largest absolute Gasteiger partial charge is 0.527 e. The first-order chi connectivity index (χ1) is 24.9.